The topological polar surface area (TPSA) is 75.5 Å². The van der Waals surface area contributed by atoms with Crippen molar-refractivity contribution in [2.75, 3.05) is 31.2 Å². The van der Waals surface area contributed by atoms with Gasteiger partial charge in [-0.25, -0.2) is 9.97 Å². The number of aliphatic carboxylic acids is 1. The van der Waals surface area contributed by atoms with E-state index in [0.717, 1.165) is 18.9 Å². The van der Waals surface area contributed by atoms with Crippen LogP contribution in [0.25, 0.3) is 0 Å². The lowest BCUT2D eigenvalue weighted by molar-refractivity contribution is -0.136. The van der Waals surface area contributed by atoms with Gasteiger partial charge in [0.2, 0.25) is 0 Å². The van der Waals surface area contributed by atoms with E-state index in [2.05, 4.69) is 14.9 Å². The molecule has 2 heterocycles. The third kappa shape index (κ3) is 2.66. The summed E-state index contributed by atoms with van der Waals surface area (Å²) in [4.78, 5) is 20.7. The van der Waals surface area contributed by atoms with Crippen LogP contribution in [0.15, 0.2) is 12.4 Å². The Morgan fingerprint density at radius 1 is 1.44 bits per heavy atom. The van der Waals surface area contributed by atoms with Gasteiger partial charge in [0, 0.05) is 19.2 Å². The van der Waals surface area contributed by atoms with E-state index >= 15 is 0 Å². The molecule has 1 aromatic heterocycles. The molecule has 2 rings (SSSR count). The van der Waals surface area contributed by atoms with Crippen LogP contribution >= 0.6 is 0 Å². The number of anilines is 1. The lowest BCUT2D eigenvalue weighted by Crippen LogP contribution is -2.36. The molecule has 0 aliphatic carbocycles. The molecule has 0 atom stereocenters. The predicted octanol–water partition coefficient (Wildman–Crippen LogP) is -0.0597. The number of aromatic nitrogens is 2. The molecule has 0 radical (unpaired) electrons. The molecule has 6 heteroatoms. The summed E-state index contributed by atoms with van der Waals surface area (Å²) < 4.78 is 5.24. The van der Waals surface area contributed by atoms with Crippen molar-refractivity contribution in [3.63, 3.8) is 0 Å². The standard InChI is InChI=1S/C10H13N3O3/c14-10(15)6-8-5-9(12-7-11-8)13-1-3-16-4-2-13/h5,7H,1-4,6H2,(H,14,15). The van der Waals surface area contributed by atoms with E-state index in [0.29, 0.717) is 18.9 Å². The lowest BCUT2D eigenvalue weighted by Gasteiger charge is -2.27. The van der Waals surface area contributed by atoms with Crippen molar-refractivity contribution >= 4 is 11.8 Å². The second kappa shape index (κ2) is 4.89. The molecule has 0 aromatic carbocycles. The number of morpholine rings is 1. The van der Waals surface area contributed by atoms with Gasteiger partial charge in [-0.15, -0.1) is 0 Å². The summed E-state index contributed by atoms with van der Waals surface area (Å²) in [5.41, 5.74) is 0.531. The van der Waals surface area contributed by atoms with Crippen LogP contribution in [0.1, 0.15) is 5.69 Å². The molecular weight excluding hydrogens is 210 g/mol. The van der Waals surface area contributed by atoms with Gasteiger partial charge in [-0.2, -0.15) is 0 Å². The maximum absolute atomic E-state index is 10.6. The monoisotopic (exact) mass is 223 g/mol. The quantitative estimate of drug-likeness (QED) is 0.773. The van der Waals surface area contributed by atoms with Crippen molar-refractivity contribution in [2.45, 2.75) is 6.42 Å². The molecule has 1 aliphatic heterocycles. The Balaban J connectivity index is 2.11. The van der Waals surface area contributed by atoms with E-state index in [1.54, 1.807) is 6.07 Å². The third-order valence-corrected chi connectivity index (χ3v) is 2.38. The van der Waals surface area contributed by atoms with E-state index in [4.69, 9.17) is 9.84 Å². The number of ether oxygens (including phenoxy) is 1. The second-order valence-corrected chi connectivity index (χ2v) is 3.54. The fraction of sp³-hybridized carbons (Fsp3) is 0.500. The van der Waals surface area contributed by atoms with Crippen LogP contribution in [0.3, 0.4) is 0 Å². The van der Waals surface area contributed by atoms with Gasteiger partial charge >= 0.3 is 5.97 Å². The number of carbonyl (C=O) groups is 1. The highest BCUT2D eigenvalue weighted by atomic mass is 16.5. The smallest absolute Gasteiger partial charge is 0.309 e. The first-order valence-corrected chi connectivity index (χ1v) is 5.11. The van der Waals surface area contributed by atoms with Crippen molar-refractivity contribution in [3.05, 3.63) is 18.1 Å². The number of carboxylic acid groups (broad SMARTS) is 1. The molecule has 0 spiro atoms. The Bertz CT molecular complexity index is 377. The van der Waals surface area contributed by atoms with Gasteiger partial charge in [-0.3, -0.25) is 4.79 Å². The molecule has 0 unspecified atom stereocenters. The van der Waals surface area contributed by atoms with Crippen LogP contribution in [-0.2, 0) is 16.0 Å². The summed E-state index contributed by atoms with van der Waals surface area (Å²) >= 11 is 0. The molecule has 0 amide bonds. The summed E-state index contributed by atoms with van der Waals surface area (Å²) in [6, 6.07) is 1.72. The van der Waals surface area contributed by atoms with Gasteiger partial charge in [0.25, 0.3) is 0 Å². The number of nitrogens with zero attached hydrogens (tertiary/aromatic N) is 3. The molecule has 16 heavy (non-hydrogen) atoms. The van der Waals surface area contributed by atoms with Crippen molar-refractivity contribution in [1.82, 2.24) is 9.97 Å². The highest BCUT2D eigenvalue weighted by Crippen LogP contribution is 2.12. The zero-order valence-electron chi connectivity index (χ0n) is 8.80. The first-order valence-electron chi connectivity index (χ1n) is 5.11. The maximum Gasteiger partial charge on any atom is 0.309 e. The van der Waals surface area contributed by atoms with E-state index < -0.39 is 5.97 Å². The van der Waals surface area contributed by atoms with E-state index in [1.165, 1.54) is 6.33 Å². The molecule has 1 N–H and O–H groups in total. The molecule has 1 aromatic rings. The Labute approximate surface area is 92.9 Å². The Hall–Kier alpha value is -1.69. The average molecular weight is 223 g/mol. The molecular formula is C10H13N3O3. The molecule has 1 aliphatic rings. The summed E-state index contributed by atoms with van der Waals surface area (Å²) in [6.07, 6.45) is 1.34. The zero-order chi connectivity index (χ0) is 11.4. The van der Waals surface area contributed by atoms with E-state index in [-0.39, 0.29) is 6.42 Å². The third-order valence-electron chi connectivity index (χ3n) is 2.38. The van der Waals surface area contributed by atoms with Gasteiger partial charge in [-0.1, -0.05) is 0 Å². The minimum absolute atomic E-state index is 0.0696. The molecule has 0 bridgehead atoms. The fourth-order valence-corrected chi connectivity index (χ4v) is 1.60. The van der Waals surface area contributed by atoms with Crippen molar-refractivity contribution in [1.29, 1.82) is 0 Å². The SMILES string of the molecule is O=C(O)Cc1cc(N2CCOCC2)ncn1. The van der Waals surface area contributed by atoms with Crippen molar-refractivity contribution in [2.24, 2.45) is 0 Å². The Morgan fingerprint density at radius 3 is 2.88 bits per heavy atom. The fourth-order valence-electron chi connectivity index (χ4n) is 1.60. The Morgan fingerprint density at radius 2 is 2.19 bits per heavy atom. The average Bonchev–Trinajstić information content (AvgIpc) is 2.30. The zero-order valence-corrected chi connectivity index (χ0v) is 8.80. The number of carboxylic acids is 1. The van der Waals surface area contributed by atoms with Crippen LogP contribution in [0, 0.1) is 0 Å². The normalized spacial score (nSPS) is 16.1. The first kappa shape index (κ1) is 10.8. The van der Waals surface area contributed by atoms with Gasteiger partial charge in [0.1, 0.15) is 12.1 Å². The van der Waals surface area contributed by atoms with Crippen LogP contribution in [0.2, 0.25) is 0 Å². The number of rotatable bonds is 3. The number of hydrogen-bond donors (Lipinski definition) is 1. The molecule has 6 nitrogen and oxygen atoms in total. The van der Waals surface area contributed by atoms with Crippen LogP contribution in [0.4, 0.5) is 5.82 Å². The minimum Gasteiger partial charge on any atom is -0.481 e. The predicted molar refractivity (Wildman–Crippen MR) is 56.4 cm³/mol. The molecule has 1 fully saturated rings. The van der Waals surface area contributed by atoms with Gasteiger partial charge in [-0.05, 0) is 0 Å². The number of hydrogen-bond acceptors (Lipinski definition) is 5. The molecule has 0 saturated carbocycles. The highest BCUT2D eigenvalue weighted by molar-refractivity contribution is 5.69. The summed E-state index contributed by atoms with van der Waals surface area (Å²) in [7, 11) is 0. The Kier molecular flexibility index (Phi) is 3.31. The van der Waals surface area contributed by atoms with E-state index in [9.17, 15) is 4.79 Å². The lowest BCUT2D eigenvalue weighted by atomic mass is 10.3. The summed E-state index contributed by atoms with van der Waals surface area (Å²) in [5, 5.41) is 8.67. The largest absolute Gasteiger partial charge is 0.481 e. The molecule has 1 saturated heterocycles. The van der Waals surface area contributed by atoms with Crippen molar-refractivity contribution < 1.29 is 14.6 Å². The minimum atomic E-state index is -0.883. The van der Waals surface area contributed by atoms with Gasteiger partial charge < -0.3 is 14.7 Å². The summed E-state index contributed by atoms with van der Waals surface area (Å²) in [6.45, 7) is 2.92. The van der Waals surface area contributed by atoms with Crippen LogP contribution < -0.4 is 4.90 Å². The second-order valence-electron chi connectivity index (χ2n) is 3.54. The summed E-state index contributed by atoms with van der Waals surface area (Å²) in [5.74, 6) is -0.110. The first-order chi connectivity index (χ1) is 7.75. The van der Waals surface area contributed by atoms with E-state index in [1.807, 2.05) is 0 Å². The maximum atomic E-state index is 10.6. The highest BCUT2D eigenvalue weighted by Gasteiger charge is 2.13. The van der Waals surface area contributed by atoms with Crippen LogP contribution in [0.5, 0.6) is 0 Å². The van der Waals surface area contributed by atoms with Gasteiger partial charge in [0.15, 0.2) is 0 Å². The van der Waals surface area contributed by atoms with Crippen LogP contribution in [-0.4, -0.2) is 47.3 Å². The van der Waals surface area contributed by atoms with Gasteiger partial charge in [0.05, 0.1) is 25.3 Å². The molecule has 86 valence electrons. The van der Waals surface area contributed by atoms with Crippen molar-refractivity contribution in [3.8, 4) is 0 Å².